The molecule has 5 rings (SSSR count). The number of imidazole rings is 1. The SMILES string of the molecule is Cc1ccc(C[C@H](N)C(=O)N2CCn3c(nc(-c4ccc(F)cc4)c3Nc3ccc(Cl)c(F)c3)C2)cc1.S. The molecule has 198 valence electrons. The first-order valence-corrected chi connectivity index (χ1v) is 12.3. The van der Waals surface area contributed by atoms with Gasteiger partial charge < -0.3 is 20.5 Å². The van der Waals surface area contributed by atoms with Gasteiger partial charge in [0.25, 0.3) is 0 Å². The number of halogens is 3. The molecular weight excluding hydrogens is 528 g/mol. The van der Waals surface area contributed by atoms with E-state index >= 15 is 0 Å². The van der Waals surface area contributed by atoms with Crippen LogP contribution in [-0.4, -0.2) is 32.9 Å². The molecule has 1 amide bonds. The van der Waals surface area contributed by atoms with Crippen LogP contribution in [0.5, 0.6) is 0 Å². The van der Waals surface area contributed by atoms with E-state index in [9.17, 15) is 13.6 Å². The first-order chi connectivity index (χ1) is 17.8. The molecule has 1 aliphatic heterocycles. The van der Waals surface area contributed by atoms with Gasteiger partial charge in [0.2, 0.25) is 5.91 Å². The second-order valence-corrected chi connectivity index (χ2v) is 9.60. The van der Waals surface area contributed by atoms with Gasteiger partial charge in [-0.05, 0) is 61.4 Å². The number of hydrogen-bond acceptors (Lipinski definition) is 4. The topological polar surface area (TPSA) is 76.2 Å². The molecule has 1 atom stereocenters. The Bertz CT molecular complexity index is 1440. The first-order valence-electron chi connectivity index (χ1n) is 12.0. The van der Waals surface area contributed by atoms with E-state index in [0.29, 0.717) is 48.1 Å². The second-order valence-electron chi connectivity index (χ2n) is 9.19. The Labute approximate surface area is 231 Å². The highest BCUT2D eigenvalue weighted by Gasteiger charge is 2.29. The van der Waals surface area contributed by atoms with Crippen molar-refractivity contribution in [2.45, 2.75) is 32.5 Å². The van der Waals surface area contributed by atoms with Gasteiger partial charge in [0.05, 0.1) is 17.6 Å². The Hall–Kier alpha value is -3.40. The van der Waals surface area contributed by atoms with E-state index in [1.165, 1.54) is 24.3 Å². The van der Waals surface area contributed by atoms with Crippen LogP contribution in [0.1, 0.15) is 17.0 Å². The molecule has 3 aromatic carbocycles. The van der Waals surface area contributed by atoms with Crippen LogP contribution in [0.25, 0.3) is 11.3 Å². The summed E-state index contributed by atoms with van der Waals surface area (Å²) in [6.07, 6.45) is 0.444. The van der Waals surface area contributed by atoms with E-state index in [0.717, 1.165) is 11.1 Å². The summed E-state index contributed by atoms with van der Waals surface area (Å²) in [4.78, 5) is 19.7. The summed E-state index contributed by atoms with van der Waals surface area (Å²) in [7, 11) is 0. The number of nitrogens with two attached hydrogens (primary N) is 1. The highest BCUT2D eigenvalue weighted by Crippen LogP contribution is 2.34. The van der Waals surface area contributed by atoms with E-state index in [2.05, 4.69) is 5.32 Å². The zero-order chi connectivity index (χ0) is 26.1. The molecule has 0 fully saturated rings. The molecular formula is C28H28ClF2N5OS. The standard InChI is InChI=1S/C28H26ClF2N5O.H2S/c1-17-2-4-18(5-3-17)14-24(32)28(37)35-12-13-36-25(16-35)34-26(19-6-8-20(30)9-7-19)27(36)33-21-10-11-22(29)23(31)15-21;/h2-11,15,24,33H,12-14,16,32H2,1H3;1H2/t24-;/m0./s1. The van der Waals surface area contributed by atoms with Crippen LogP contribution >= 0.6 is 25.1 Å². The van der Waals surface area contributed by atoms with Gasteiger partial charge in [0.15, 0.2) is 0 Å². The van der Waals surface area contributed by atoms with Gasteiger partial charge in [-0.3, -0.25) is 4.79 Å². The summed E-state index contributed by atoms with van der Waals surface area (Å²) in [5, 5.41) is 3.27. The molecule has 38 heavy (non-hydrogen) atoms. The number of aryl methyl sites for hydroxylation is 1. The number of nitrogens with one attached hydrogen (secondary N) is 1. The Morgan fingerprint density at radius 2 is 1.79 bits per heavy atom. The summed E-state index contributed by atoms with van der Waals surface area (Å²) in [5.74, 6) is 0.222. The third kappa shape index (κ3) is 5.85. The molecule has 4 aromatic rings. The number of nitrogens with zero attached hydrogens (tertiary/aromatic N) is 3. The van der Waals surface area contributed by atoms with Crippen molar-refractivity contribution in [1.29, 1.82) is 0 Å². The average Bonchev–Trinajstić information content (AvgIpc) is 3.25. The van der Waals surface area contributed by atoms with E-state index in [1.54, 1.807) is 23.1 Å². The molecule has 0 aliphatic carbocycles. The van der Waals surface area contributed by atoms with E-state index in [-0.39, 0.29) is 36.8 Å². The van der Waals surface area contributed by atoms with Gasteiger partial charge in [0.1, 0.15) is 29.0 Å². The number of benzene rings is 3. The largest absolute Gasteiger partial charge is 0.340 e. The number of fused-ring (bicyclic) bond motifs is 1. The minimum absolute atomic E-state index is 0. The summed E-state index contributed by atoms with van der Waals surface area (Å²) in [6, 6.07) is 17.7. The lowest BCUT2D eigenvalue weighted by Crippen LogP contribution is -2.47. The number of carbonyl (C=O) groups is 1. The van der Waals surface area contributed by atoms with Crippen LogP contribution in [0.4, 0.5) is 20.3 Å². The Kier molecular flexibility index (Phi) is 8.40. The van der Waals surface area contributed by atoms with Gasteiger partial charge in [-0.1, -0.05) is 41.4 Å². The van der Waals surface area contributed by atoms with Crippen LogP contribution in [0.15, 0.2) is 66.7 Å². The molecule has 6 nitrogen and oxygen atoms in total. The minimum Gasteiger partial charge on any atom is -0.340 e. The Morgan fingerprint density at radius 3 is 2.47 bits per heavy atom. The maximum absolute atomic E-state index is 14.1. The van der Waals surface area contributed by atoms with Gasteiger partial charge >= 0.3 is 0 Å². The van der Waals surface area contributed by atoms with Crippen molar-refractivity contribution in [3.63, 3.8) is 0 Å². The van der Waals surface area contributed by atoms with Gasteiger partial charge in [-0.2, -0.15) is 13.5 Å². The molecule has 2 heterocycles. The van der Waals surface area contributed by atoms with Crippen molar-refractivity contribution in [2.24, 2.45) is 5.73 Å². The zero-order valence-electron chi connectivity index (χ0n) is 20.7. The maximum Gasteiger partial charge on any atom is 0.240 e. The molecule has 0 bridgehead atoms. The summed E-state index contributed by atoms with van der Waals surface area (Å²) < 4.78 is 29.7. The summed E-state index contributed by atoms with van der Waals surface area (Å²) in [5.41, 5.74) is 10.2. The van der Waals surface area contributed by atoms with E-state index < -0.39 is 11.9 Å². The van der Waals surface area contributed by atoms with Crippen LogP contribution in [0.2, 0.25) is 5.02 Å². The van der Waals surface area contributed by atoms with Crippen molar-refractivity contribution < 1.29 is 13.6 Å². The Morgan fingerprint density at radius 1 is 1.08 bits per heavy atom. The zero-order valence-corrected chi connectivity index (χ0v) is 22.5. The molecule has 1 aromatic heterocycles. The molecule has 1 aliphatic rings. The fourth-order valence-electron chi connectivity index (χ4n) is 4.47. The van der Waals surface area contributed by atoms with Crippen molar-refractivity contribution >= 4 is 42.5 Å². The number of carbonyl (C=O) groups excluding carboxylic acids is 1. The number of anilines is 2. The maximum atomic E-state index is 14.1. The third-order valence-electron chi connectivity index (χ3n) is 6.48. The second kappa shape index (κ2) is 11.6. The van der Waals surface area contributed by atoms with Crippen molar-refractivity contribution in [3.05, 3.63) is 100 Å². The van der Waals surface area contributed by atoms with Crippen molar-refractivity contribution in [2.75, 3.05) is 11.9 Å². The van der Waals surface area contributed by atoms with Crippen LogP contribution in [0, 0.1) is 18.6 Å². The molecule has 0 saturated carbocycles. The fourth-order valence-corrected chi connectivity index (χ4v) is 4.58. The van der Waals surface area contributed by atoms with Crippen molar-refractivity contribution in [1.82, 2.24) is 14.5 Å². The minimum atomic E-state index is -0.671. The highest BCUT2D eigenvalue weighted by molar-refractivity contribution is 7.59. The molecule has 3 N–H and O–H groups in total. The highest BCUT2D eigenvalue weighted by atomic mass is 35.5. The lowest BCUT2D eigenvalue weighted by molar-refractivity contribution is -0.134. The number of amides is 1. The summed E-state index contributed by atoms with van der Waals surface area (Å²) in [6.45, 7) is 3.18. The van der Waals surface area contributed by atoms with Crippen molar-refractivity contribution in [3.8, 4) is 11.3 Å². The molecule has 0 unspecified atom stereocenters. The predicted octanol–water partition coefficient (Wildman–Crippen LogP) is 5.56. The molecule has 0 radical (unpaired) electrons. The van der Waals surface area contributed by atoms with Crippen LogP contribution < -0.4 is 11.1 Å². The van der Waals surface area contributed by atoms with Gasteiger partial charge in [0, 0.05) is 24.3 Å². The smallest absolute Gasteiger partial charge is 0.240 e. The number of rotatable bonds is 6. The van der Waals surface area contributed by atoms with Gasteiger partial charge in [-0.15, -0.1) is 0 Å². The van der Waals surface area contributed by atoms with Crippen LogP contribution in [0.3, 0.4) is 0 Å². The first kappa shape index (κ1) is 27.6. The lowest BCUT2D eigenvalue weighted by atomic mass is 10.0. The molecule has 10 heteroatoms. The average molecular weight is 556 g/mol. The quantitative estimate of drug-likeness (QED) is 0.327. The Balaban J connectivity index is 0.00000336. The fraction of sp³-hybridized carbons (Fsp3) is 0.214. The predicted molar refractivity (Wildman–Crippen MR) is 151 cm³/mol. The molecule has 0 spiro atoms. The third-order valence-corrected chi connectivity index (χ3v) is 6.78. The van der Waals surface area contributed by atoms with Crippen LogP contribution in [-0.2, 0) is 24.3 Å². The van der Waals surface area contributed by atoms with Gasteiger partial charge in [-0.25, -0.2) is 13.8 Å². The normalized spacial score (nSPS) is 13.4. The van der Waals surface area contributed by atoms with E-state index in [4.69, 9.17) is 22.3 Å². The summed E-state index contributed by atoms with van der Waals surface area (Å²) >= 11 is 5.85. The van der Waals surface area contributed by atoms with E-state index in [1.807, 2.05) is 35.8 Å². The molecule has 0 saturated heterocycles. The lowest BCUT2D eigenvalue weighted by Gasteiger charge is -2.30. The number of aromatic nitrogens is 2. The monoisotopic (exact) mass is 555 g/mol. The number of hydrogen-bond donors (Lipinski definition) is 2.